The first-order valence-electron chi connectivity index (χ1n) is 9.97. The van der Waals surface area contributed by atoms with Crippen molar-refractivity contribution in [2.24, 2.45) is 0 Å². The number of hydrogen-bond donors (Lipinski definition) is 3. The molecule has 0 aliphatic carbocycles. The summed E-state index contributed by atoms with van der Waals surface area (Å²) in [5, 5.41) is 6.50. The molecule has 10 heteroatoms. The smallest absolute Gasteiger partial charge is 0.321 e. The summed E-state index contributed by atoms with van der Waals surface area (Å²) in [4.78, 5) is 38.3. The average molecular weight is 560 g/mol. The highest BCUT2D eigenvalue weighted by Gasteiger charge is 2.22. The highest BCUT2D eigenvalue weighted by molar-refractivity contribution is 9.10. The summed E-state index contributed by atoms with van der Waals surface area (Å²) in [7, 11) is 0. The Morgan fingerprint density at radius 1 is 0.853 bits per heavy atom. The molecule has 0 aliphatic rings. The van der Waals surface area contributed by atoms with Crippen LogP contribution in [0.3, 0.4) is 0 Å². The van der Waals surface area contributed by atoms with Crippen LogP contribution in [0, 0.1) is 6.92 Å². The van der Waals surface area contributed by atoms with Crippen molar-refractivity contribution in [1.82, 2.24) is 4.68 Å². The SMILES string of the molecule is Cc1ccc(NC(=O)c2cc3cc(Br)ccc3n2NC(=O)C(=O)Nc2ccc(Cl)cc2Cl)cc1. The van der Waals surface area contributed by atoms with Gasteiger partial charge >= 0.3 is 11.8 Å². The topological polar surface area (TPSA) is 92.2 Å². The molecule has 1 heterocycles. The largest absolute Gasteiger partial charge is 0.328 e. The molecular weight excluding hydrogens is 543 g/mol. The Labute approximate surface area is 213 Å². The Hall–Kier alpha value is -3.33. The van der Waals surface area contributed by atoms with Crippen molar-refractivity contribution >= 4 is 79.1 Å². The number of fused-ring (bicyclic) bond motifs is 1. The molecule has 0 bridgehead atoms. The predicted octanol–water partition coefficient (Wildman–Crippen LogP) is 5.98. The third kappa shape index (κ3) is 5.25. The van der Waals surface area contributed by atoms with Crippen molar-refractivity contribution in [3.05, 3.63) is 92.5 Å². The molecule has 4 aromatic rings. The highest BCUT2D eigenvalue weighted by atomic mass is 79.9. The molecule has 172 valence electrons. The first-order valence-corrected chi connectivity index (χ1v) is 11.5. The second kappa shape index (κ2) is 9.89. The van der Waals surface area contributed by atoms with Crippen LogP contribution in [-0.4, -0.2) is 22.4 Å². The van der Waals surface area contributed by atoms with Gasteiger partial charge in [-0.25, -0.2) is 4.68 Å². The van der Waals surface area contributed by atoms with Gasteiger partial charge in [0.25, 0.3) is 5.91 Å². The van der Waals surface area contributed by atoms with Crippen LogP contribution in [0.5, 0.6) is 0 Å². The summed E-state index contributed by atoms with van der Waals surface area (Å²) >= 11 is 15.3. The number of nitrogens with zero attached hydrogens (tertiary/aromatic N) is 1. The monoisotopic (exact) mass is 558 g/mol. The summed E-state index contributed by atoms with van der Waals surface area (Å²) in [5.41, 5.74) is 5.04. The maximum atomic E-state index is 13.1. The van der Waals surface area contributed by atoms with Crippen LogP contribution in [0.25, 0.3) is 10.9 Å². The average Bonchev–Trinajstić information content (AvgIpc) is 3.14. The van der Waals surface area contributed by atoms with E-state index in [9.17, 15) is 14.4 Å². The molecule has 3 N–H and O–H groups in total. The van der Waals surface area contributed by atoms with Gasteiger partial charge in [-0.2, -0.15) is 0 Å². The van der Waals surface area contributed by atoms with E-state index in [-0.39, 0.29) is 16.4 Å². The Kier molecular flexibility index (Phi) is 6.92. The van der Waals surface area contributed by atoms with E-state index in [2.05, 4.69) is 32.0 Å². The zero-order valence-electron chi connectivity index (χ0n) is 17.7. The Morgan fingerprint density at radius 3 is 2.29 bits per heavy atom. The zero-order valence-corrected chi connectivity index (χ0v) is 20.8. The highest BCUT2D eigenvalue weighted by Crippen LogP contribution is 2.26. The van der Waals surface area contributed by atoms with Gasteiger partial charge < -0.3 is 10.6 Å². The van der Waals surface area contributed by atoms with E-state index in [1.807, 2.05) is 19.1 Å². The van der Waals surface area contributed by atoms with E-state index in [1.54, 1.807) is 36.4 Å². The van der Waals surface area contributed by atoms with E-state index in [0.29, 0.717) is 21.6 Å². The predicted molar refractivity (Wildman–Crippen MR) is 138 cm³/mol. The standard InChI is InChI=1S/C24H17BrCl2N4O3/c1-13-2-6-17(7-3-13)28-22(32)21-11-14-10-15(25)4-9-20(14)31(21)30-24(34)23(33)29-19-8-5-16(26)12-18(19)27/h2-12H,1H3,(H,28,32)(H,29,33)(H,30,34). The molecule has 0 atom stereocenters. The van der Waals surface area contributed by atoms with Crippen LogP contribution in [0.4, 0.5) is 11.4 Å². The van der Waals surface area contributed by atoms with Gasteiger partial charge in [0.05, 0.1) is 16.2 Å². The number of amides is 3. The van der Waals surface area contributed by atoms with E-state index < -0.39 is 17.7 Å². The van der Waals surface area contributed by atoms with Crippen LogP contribution < -0.4 is 16.1 Å². The fourth-order valence-corrected chi connectivity index (χ4v) is 4.06. The van der Waals surface area contributed by atoms with E-state index in [4.69, 9.17) is 23.2 Å². The van der Waals surface area contributed by atoms with Gasteiger partial charge in [0, 0.05) is 20.6 Å². The number of hydrogen-bond acceptors (Lipinski definition) is 3. The van der Waals surface area contributed by atoms with Crippen molar-refractivity contribution in [1.29, 1.82) is 0 Å². The lowest BCUT2D eigenvalue weighted by Crippen LogP contribution is -2.36. The molecule has 3 aromatic carbocycles. The molecule has 0 saturated heterocycles. The van der Waals surface area contributed by atoms with Crippen molar-refractivity contribution in [3.63, 3.8) is 0 Å². The number of carbonyl (C=O) groups excluding carboxylic acids is 3. The van der Waals surface area contributed by atoms with E-state index in [0.717, 1.165) is 10.0 Å². The van der Waals surface area contributed by atoms with Gasteiger partial charge in [-0.05, 0) is 61.5 Å². The Bertz CT molecular complexity index is 1430. The quantitative estimate of drug-likeness (QED) is 0.268. The maximum Gasteiger partial charge on any atom is 0.328 e. The van der Waals surface area contributed by atoms with Crippen LogP contribution >= 0.6 is 39.1 Å². The molecule has 3 amide bonds. The summed E-state index contributed by atoms with van der Waals surface area (Å²) in [6.45, 7) is 1.94. The van der Waals surface area contributed by atoms with Crippen LogP contribution in [0.15, 0.2) is 71.2 Å². The van der Waals surface area contributed by atoms with Crippen molar-refractivity contribution < 1.29 is 14.4 Å². The molecule has 0 fully saturated rings. The van der Waals surface area contributed by atoms with Gasteiger partial charge in [-0.3, -0.25) is 19.8 Å². The minimum atomic E-state index is -0.990. The fraction of sp³-hybridized carbons (Fsp3) is 0.0417. The maximum absolute atomic E-state index is 13.1. The number of anilines is 2. The van der Waals surface area contributed by atoms with E-state index >= 15 is 0 Å². The lowest BCUT2D eigenvalue weighted by atomic mass is 10.2. The van der Waals surface area contributed by atoms with Gasteiger partial charge in [0.15, 0.2) is 0 Å². The molecule has 0 unspecified atom stereocenters. The Morgan fingerprint density at radius 2 is 1.59 bits per heavy atom. The van der Waals surface area contributed by atoms with E-state index in [1.165, 1.54) is 22.9 Å². The number of aryl methyl sites for hydroxylation is 1. The number of halogens is 3. The first kappa shape index (κ1) is 23.8. The second-order valence-corrected chi connectivity index (χ2v) is 9.17. The first-order chi connectivity index (χ1) is 16.2. The minimum absolute atomic E-state index is 0.138. The molecule has 34 heavy (non-hydrogen) atoms. The minimum Gasteiger partial charge on any atom is -0.321 e. The molecule has 0 radical (unpaired) electrons. The molecule has 1 aromatic heterocycles. The van der Waals surface area contributed by atoms with Crippen molar-refractivity contribution in [2.45, 2.75) is 6.92 Å². The molecule has 4 rings (SSSR count). The second-order valence-electron chi connectivity index (χ2n) is 7.41. The summed E-state index contributed by atoms with van der Waals surface area (Å²) in [6, 6.07) is 18.7. The molecule has 0 saturated carbocycles. The van der Waals surface area contributed by atoms with Gasteiger partial charge in [-0.1, -0.05) is 56.8 Å². The normalized spacial score (nSPS) is 10.7. The molecule has 0 spiro atoms. The summed E-state index contributed by atoms with van der Waals surface area (Å²) < 4.78 is 2.07. The summed E-state index contributed by atoms with van der Waals surface area (Å²) in [5.74, 6) is -2.42. The number of rotatable bonds is 4. The van der Waals surface area contributed by atoms with Gasteiger partial charge in [0.1, 0.15) is 5.69 Å². The number of nitrogens with one attached hydrogen (secondary N) is 3. The molecule has 0 aliphatic heterocycles. The third-order valence-corrected chi connectivity index (χ3v) is 5.95. The van der Waals surface area contributed by atoms with Gasteiger partial charge in [-0.15, -0.1) is 0 Å². The van der Waals surface area contributed by atoms with Crippen LogP contribution in [0.2, 0.25) is 10.0 Å². The zero-order chi connectivity index (χ0) is 24.4. The van der Waals surface area contributed by atoms with Gasteiger partial charge in [0.2, 0.25) is 0 Å². The molecular formula is C24H17BrCl2N4O3. The number of benzene rings is 3. The van der Waals surface area contributed by atoms with Crippen molar-refractivity contribution in [2.75, 3.05) is 16.1 Å². The number of aromatic nitrogens is 1. The lowest BCUT2D eigenvalue weighted by molar-refractivity contribution is -0.133. The lowest BCUT2D eigenvalue weighted by Gasteiger charge is -2.13. The third-order valence-electron chi connectivity index (χ3n) is 4.90. The van der Waals surface area contributed by atoms with Crippen LogP contribution in [0.1, 0.15) is 16.1 Å². The summed E-state index contributed by atoms with van der Waals surface area (Å²) in [6.07, 6.45) is 0. The Balaban J connectivity index is 1.62. The number of carbonyl (C=O) groups is 3. The van der Waals surface area contributed by atoms with Crippen molar-refractivity contribution in [3.8, 4) is 0 Å². The fourth-order valence-electron chi connectivity index (χ4n) is 3.23. The molecule has 7 nitrogen and oxygen atoms in total. The van der Waals surface area contributed by atoms with Crippen LogP contribution in [-0.2, 0) is 9.59 Å².